The second kappa shape index (κ2) is 8.64. The number of rotatable bonds is 5. The Morgan fingerprint density at radius 3 is 2.46 bits per heavy atom. The maximum absolute atomic E-state index is 11.6. The summed E-state index contributed by atoms with van der Waals surface area (Å²) in [5.74, 6) is -0.375. The first kappa shape index (κ1) is 17.4. The fourth-order valence-corrected chi connectivity index (χ4v) is 2.02. The summed E-state index contributed by atoms with van der Waals surface area (Å²) in [4.78, 5) is 15.7. The zero-order chi connectivity index (χ0) is 17.4. The molecule has 1 N–H and O–H groups in total. The molecule has 0 saturated carbocycles. The van der Waals surface area contributed by atoms with Gasteiger partial charge in [-0.25, -0.2) is 9.86 Å². The second-order valence-corrected chi connectivity index (χ2v) is 4.94. The van der Waals surface area contributed by atoms with Gasteiger partial charge in [-0.1, -0.05) is 18.2 Å². The Bertz CT molecular complexity index is 707. The molecule has 0 bridgehead atoms. The number of esters is 1. The van der Waals surface area contributed by atoms with E-state index in [1.54, 1.807) is 44.3 Å². The third-order valence-electron chi connectivity index (χ3n) is 3.31. The Kier molecular flexibility index (Phi) is 6.28. The molecule has 0 saturated heterocycles. The summed E-state index contributed by atoms with van der Waals surface area (Å²) < 4.78 is 4.92. The van der Waals surface area contributed by atoms with E-state index in [4.69, 9.17) is 4.74 Å². The molecule has 124 valence electrons. The molecule has 5 nitrogen and oxygen atoms in total. The summed E-state index contributed by atoms with van der Waals surface area (Å²) in [6.45, 7) is 2.09. The maximum Gasteiger partial charge on any atom is 0.338 e. The quantitative estimate of drug-likeness (QED) is 0.663. The Morgan fingerprint density at radius 1 is 1.21 bits per heavy atom. The zero-order valence-electron chi connectivity index (χ0n) is 13.7. The predicted molar refractivity (Wildman–Crippen MR) is 95.5 cm³/mol. The maximum atomic E-state index is 11.6. The van der Waals surface area contributed by atoms with Crippen LogP contribution < -0.4 is 5.06 Å². The van der Waals surface area contributed by atoms with E-state index in [0.29, 0.717) is 17.9 Å². The SMILES string of the molecule is CCOC(=O)c1ccc(N(O)C=CC=C2C=CC(=NC)C=C2)cc1. The molecule has 0 aliphatic heterocycles. The van der Waals surface area contributed by atoms with Crippen LogP contribution in [-0.4, -0.2) is 30.5 Å². The number of aliphatic imine (C=N–C) groups is 1. The predicted octanol–water partition coefficient (Wildman–Crippen LogP) is 3.70. The van der Waals surface area contributed by atoms with Crippen molar-refractivity contribution in [1.82, 2.24) is 0 Å². The smallest absolute Gasteiger partial charge is 0.338 e. The van der Waals surface area contributed by atoms with Gasteiger partial charge in [0.05, 0.1) is 23.6 Å². The third kappa shape index (κ3) is 4.79. The lowest BCUT2D eigenvalue weighted by atomic mass is 10.1. The molecule has 0 amide bonds. The van der Waals surface area contributed by atoms with Gasteiger partial charge in [0.15, 0.2) is 0 Å². The molecule has 0 fully saturated rings. The van der Waals surface area contributed by atoms with Gasteiger partial charge < -0.3 is 4.74 Å². The fraction of sp³-hybridized carbons (Fsp3) is 0.158. The topological polar surface area (TPSA) is 62.1 Å². The van der Waals surface area contributed by atoms with Crippen LogP contribution in [0, 0.1) is 0 Å². The van der Waals surface area contributed by atoms with Gasteiger partial charge in [0.25, 0.3) is 0 Å². The lowest BCUT2D eigenvalue weighted by Crippen LogP contribution is -2.09. The van der Waals surface area contributed by atoms with Gasteiger partial charge in [0.1, 0.15) is 0 Å². The molecular weight excluding hydrogens is 304 g/mol. The fourth-order valence-electron chi connectivity index (χ4n) is 2.02. The van der Waals surface area contributed by atoms with Gasteiger partial charge in [-0.05, 0) is 55.0 Å². The van der Waals surface area contributed by atoms with Crippen LogP contribution in [0.2, 0.25) is 0 Å². The van der Waals surface area contributed by atoms with E-state index in [2.05, 4.69) is 4.99 Å². The van der Waals surface area contributed by atoms with Crippen molar-refractivity contribution in [1.29, 1.82) is 0 Å². The Hall–Kier alpha value is -2.92. The van der Waals surface area contributed by atoms with E-state index < -0.39 is 0 Å². The molecular formula is C19H20N2O3. The van der Waals surface area contributed by atoms with Gasteiger partial charge in [-0.2, -0.15) is 0 Å². The molecule has 0 spiro atoms. The van der Waals surface area contributed by atoms with Gasteiger partial charge in [0, 0.05) is 13.2 Å². The highest BCUT2D eigenvalue weighted by atomic mass is 16.5. The van der Waals surface area contributed by atoms with Crippen LogP contribution in [0.3, 0.4) is 0 Å². The molecule has 24 heavy (non-hydrogen) atoms. The highest BCUT2D eigenvalue weighted by Gasteiger charge is 2.06. The number of benzene rings is 1. The zero-order valence-corrected chi connectivity index (χ0v) is 13.7. The van der Waals surface area contributed by atoms with Gasteiger partial charge in [0.2, 0.25) is 0 Å². The average molecular weight is 324 g/mol. The number of nitrogens with zero attached hydrogens (tertiary/aromatic N) is 2. The van der Waals surface area contributed by atoms with Crippen LogP contribution in [0.15, 0.2) is 77.5 Å². The van der Waals surface area contributed by atoms with Crippen LogP contribution in [0.4, 0.5) is 5.69 Å². The van der Waals surface area contributed by atoms with E-state index in [0.717, 1.165) is 16.3 Å². The summed E-state index contributed by atoms with van der Waals surface area (Å²) in [5, 5.41) is 11.0. The van der Waals surface area contributed by atoms with Crippen LogP contribution >= 0.6 is 0 Å². The summed E-state index contributed by atoms with van der Waals surface area (Å²) in [7, 11) is 1.75. The molecule has 1 aliphatic carbocycles. The van der Waals surface area contributed by atoms with Crippen molar-refractivity contribution in [3.05, 3.63) is 78.1 Å². The summed E-state index contributed by atoms with van der Waals surface area (Å²) in [5.41, 5.74) is 2.92. The highest BCUT2D eigenvalue weighted by molar-refractivity contribution is 6.05. The van der Waals surface area contributed by atoms with Crippen molar-refractivity contribution in [2.24, 2.45) is 4.99 Å². The first-order valence-electron chi connectivity index (χ1n) is 7.60. The number of allylic oxidation sites excluding steroid dienone is 7. The molecule has 0 aromatic heterocycles. The van der Waals surface area contributed by atoms with Crippen molar-refractivity contribution < 1.29 is 14.7 Å². The van der Waals surface area contributed by atoms with Crippen molar-refractivity contribution >= 4 is 17.4 Å². The molecule has 0 heterocycles. The normalized spacial score (nSPS) is 13.3. The summed E-state index contributed by atoms with van der Waals surface area (Å²) >= 11 is 0. The third-order valence-corrected chi connectivity index (χ3v) is 3.31. The lowest BCUT2D eigenvalue weighted by Gasteiger charge is -2.12. The van der Waals surface area contributed by atoms with Crippen molar-refractivity contribution in [2.45, 2.75) is 6.92 Å². The van der Waals surface area contributed by atoms with E-state index in [1.165, 1.54) is 6.20 Å². The Balaban J connectivity index is 1.98. The molecule has 0 radical (unpaired) electrons. The minimum absolute atomic E-state index is 0.332. The van der Waals surface area contributed by atoms with Gasteiger partial charge in [-0.3, -0.25) is 10.2 Å². The average Bonchev–Trinajstić information content (AvgIpc) is 2.62. The van der Waals surface area contributed by atoms with E-state index in [-0.39, 0.29) is 5.97 Å². The van der Waals surface area contributed by atoms with Crippen molar-refractivity contribution in [2.75, 3.05) is 18.7 Å². The largest absolute Gasteiger partial charge is 0.462 e. The van der Waals surface area contributed by atoms with Crippen LogP contribution in [0.25, 0.3) is 0 Å². The number of carbonyl (C=O) groups excluding carboxylic acids is 1. The molecule has 0 unspecified atom stereocenters. The van der Waals surface area contributed by atoms with E-state index in [1.807, 2.05) is 30.4 Å². The minimum atomic E-state index is -0.375. The molecule has 1 aliphatic rings. The first-order valence-corrected chi connectivity index (χ1v) is 7.60. The molecule has 0 atom stereocenters. The summed E-state index contributed by atoms with van der Waals surface area (Å²) in [6.07, 6.45) is 12.9. The van der Waals surface area contributed by atoms with Crippen molar-refractivity contribution in [3.63, 3.8) is 0 Å². The highest BCUT2D eigenvalue weighted by Crippen LogP contribution is 2.15. The molecule has 5 heteroatoms. The lowest BCUT2D eigenvalue weighted by molar-refractivity contribution is 0.0526. The number of ether oxygens (including phenoxy) is 1. The van der Waals surface area contributed by atoms with Crippen LogP contribution in [0.5, 0.6) is 0 Å². The van der Waals surface area contributed by atoms with Gasteiger partial charge in [-0.15, -0.1) is 0 Å². The summed E-state index contributed by atoms with van der Waals surface area (Å²) in [6, 6.07) is 6.52. The monoisotopic (exact) mass is 324 g/mol. The van der Waals surface area contributed by atoms with Gasteiger partial charge >= 0.3 is 5.97 Å². The number of hydrogen-bond acceptors (Lipinski definition) is 5. The van der Waals surface area contributed by atoms with E-state index in [9.17, 15) is 10.0 Å². The number of hydrogen-bond donors (Lipinski definition) is 1. The molecule has 1 aromatic rings. The minimum Gasteiger partial charge on any atom is -0.462 e. The van der Waals surface area contributed by atoms with Crippen LogP contribution in [-0.2, 0) is 4.74 Å². The second-order valence-electron chi connectivity index (χ2n) is 4.94. The van der Waals surface area contributed by atoms with Crippen molar-refractivity contribution in [3.8, 4) is 0 Å². The number of carbonyl (C=O) groups is 1. The Labute approximate surface area is 141 Å². The molecule has 2 rings (SSSR count). The van der Waals surface area contributed by atoms with Crippen LogP contribution in [0.1, 0.15) is 17.3 Å². The first-order chi connectivity index (χ1) is 11.6. The molecule has 1 aromatic carbocycles. The Morgan fingerprint density at radius 2 is 1.88 bits per heavy atom. The number of anilines is 1. The number of hydroxylamine groups is 1. The van der Waals surface area contributed by atoms with E-state index >= 15 is 0 Å². The standard InChI is InChI=1S/C19H20N2O3/c1-3-24-19(22)16-8-12-18(13-9-16)21(23)14-4-5-15-6-10-17(20-2)11-7-15/h4-14,23H,3H2,1-2H3.